The smallest absolute Gasteiger partial charge is 0.166 e. The van der Waals surface area contributed by atoms with Gasteiger partial charge in [-0.25, -0.2) is 9.37 Å². The molecule has 5 nitrogen and oxygen atoms in total. The van der Waals surface area contributed by atoms with Crippen molar-refractivity contribution in [3.63, 3.8) is 0 Å². The third-order valence-electron chi connectivity index (χ3n) is 2.92. The minimum absolute atomic E-state index is 0.209. The summed E-state index contributed by atoms with van der Waals surface area (Å²) in [5.74, 6) is -0.476. The predicted octanol–water partition coefficient (Wildman–Crippen LogP) is 3.81. The molecule has 0 radical (unpaired) electrons. The number of nitrogens with one attached hydrogen (secondary N) is 2. The molecule has 0 unspecified atom stereocenters. The average molecular weight is 333 g/mol. The van der Waals surface area contributed by atoms with E-state index in [-0.39, 0.29) is 5.15 Å². The van der Waals surface area contributed by atoms with Gasteiger partial charge in [-0.2, -0.15) is 0 Å². The Morgan fingerprint density at radius 2 is 2.17 bits per heavy atom. The molecule has 0 saturated heterocycles. The zero-order valence-corrected chi connectivity index (χ0v) is 13.0. The number of rotatable bonds is 3. The number of carbonyl (C=O) groups excluding carboxylic acids is 1. The molecule has 23 heavy (non-hydrogen) atoms. The summed E-state index contributed by atoms with van der Waals surface area (Å²) in [6.45, 7) is 0. The Balaban J connectivity index is 0.000000203. The highest BCUT2D eigenvalue weighted by atomic mass is 35.5. The molecule has 7 heteroatoms. The van der Waals surface area contributed by atoms with Crippen molar-refractivity contribution in [3.05, 3.63) is 65.7 Å². The quantitative estimate of drug-likeness (QED) is 0.565. The molecule has 3 aromatic heterocycles. The number of hydrogen-bond donors (Lipinski definition) is 2. The van der Waals surface area contributed by atoms with Gasteiger partial charge in [0.25, 0.3) is 0 Å². The summed E-state index contributed by atoms with van der Waals surface area (Å²) in [6, 6.07) is 6.81. The van der Waals surface area contributed by atoms with Crippen LogP contribution in [0.4, 0.5) is 10.1 Å². The first-order valence-corrected chi connectivity index (χ1v) is 7.04. The fraction of sp³-hybridized carbons (Fsp3) is 0.0625. The maximum absolute atomic E-state index is 13.3. The second-order valence-electron chi connectivity index (χ2n) is 4.44. The number of anilines is 1. The maximum Gasteiger partial charge on any atom is 0.166 e. The van der Waals surface area contributed by atoms with E-state index in [1.54, 1.807) is 24.7 Å². The first kappa shape index (κ1) is 16.6. The Kier molecular flexibility index (Phi) is 5.82. The van der Waals surface area contributed by atoms with Gasteiger partial charge in [-0.3, -0.25) is 9.78 Å². The van der Waals surface area contributed by atoms with E-state index in [1.807, 2.05) is 19.2 Å². The molecule has 0 aliphatic carbocycles. The van der Waals surface area contributed by atoms with Crippen LogP contribution in [0.5, 0.6) is 0 Å². The van der Waals surface area contributed by atoms with Crippen molar-refractivity contribution in [2.45, 2.75) is 0 Å². The van der Waals surface area contributed by atoms with E-state index in [4.69, 9.17) is 11.6 Å². The molecule has 118 valence electrons. The zero-order chi connectivity index (χ0) is 16.7. The van der Waals surface area contributed by atoms with Gasteiger partial charge in [-0.05, 0) is 24.3 Å². The summed E-state index contributed by atoms with van der Waals surface area (Å²) in [5.41, 5.74) is 2.32. The van der Waals surface area contributed by atoms with Crippen LogP contribution < -0.4 is 5.32 Å². The van der Waals surface area contributed by atoms with E-state index >= 15 is 0 Å². The first-order valence-electron chi connectivity index (χ1n) is 6.67. The number of aromatic amines is 1. The summed E-state index contributed by atoms with van der Waals surface area (Å²) in [4.78, 5) is 20.6. The number of pyridine rings is 2. The van der Waals surface area contributed by atoms with Crippen LogP contribution in [-0.4, -0.2) is 28.3 Å². The fourth-order valence-electron chi connectivity index (χ4n) is 1.78. The Morgan fingerprint density at radius 1 is 1.35 bits per heavy atom. The van der Waals surface area contributed by atoms with E-state index < -0.39 is 5.82 Å². The van der Waals surface area contributed by atoms with Crippen LogP contribution >= 0.6 is 11.6 Å². The zero-order valence-electron chi connectivity index (χ0n) is 12.3. The Bertz CT molecular complexity index is 777. The third kappa shape index (κ3) is 4.62. The van der Waals surface area contributed by atoms with Crippen molar-refractivity contribution in [3.8, 4) is 11.1 Å². The number of aldehydes is 1. The monoisotopic (exact) mass is 332 g/mol. The summed E-state index contributed by atoms with van der Waals surface area (Å²) in [6.07, 6.45) is 6.77. The number of nitrogens with zero attached hydrogens (tertiary/aromatic N) is 2. The second kappa shape index (κ2) is 8.05. The van der Waals surface area contributed by atoms with Gasteiger partial charge in [-0.15, -0.1) is 0 Å². The van der Waals surface area contributed by atoms with Crippen LogP contribution in [0.25, 0.3) is 11.1 Å². The normalized spacial score (nSPS) is 9.70. The van der Waals surface area contributed by atoms with Crippen molar-refractivity contribution in [2.75, 3.05) is 12.4 Å². The fourth-order valence-corrected chi connectivity index (χ4v) is 1.94. The second-order valence-corrected chi connectivity index (χ2v) is 4.83. The van der Waals surface area contributed by atoms with Crippen LogP contribution in [-0.2, 0) is 0 Å². The molecular weight excluding hydrogens is 319 g/mol. The van der Waals surface area contributed by atoms with Crippen LogP contribution in [0.3, 0.4) is 0 Å². The molecular formula is C16H14ClFN4O. The lowest BCUT2D eigenvalue weighted by atomic mass is 10.1. The van der Waals surface area contributed by atoms with E-state index in [1.165, 1.54) is 6.07 Å². The number of hydrogen-bond acceptors (Lipinski definition) is 4. The lowest BCUT2D eigenvalue weighted by molar-refractivity contribution is 0.111. The molecule has 3 aromatic rings. The van der Waals surface area contributed by atoms with Crippen molar-refractivity contribution in [1.82, 2.24) is 15.0 Å². The van der Waals surface area contributed by atoms with E-state index in [9.17, 15) is 9.18 Å². The van der Waals surface area contributed by atoms with Gasteiger partial charge < -0.3 is 10.3 Å². The minimum atomic E-state index is -0.476. The largest absolute Gasteiger partial charge is 0.387 e. The Labute approximate surface area is 137 Å². The molecule has 0 bridgehead atoms. The van der Waals surface area contributed by atoms with Gasteiger partial charge >= 0.3 is 0 Å². The lowest BCUT2D eigenvalue weighted by Gasteiger charge is -1.99. The Morgan fingerprint density at radius 3 is 2.74 bits per heavy atom. The molecule has 0 spiro atoms. The van der Waals surface area contributed by atoms with Crippen molar-refractivity contribution in [2.24, 2.45) is 0 Å². The molecule has 0 aliphatic rings. The van der Waals surface area contributed by atoms with Gasteiger partial charge in [0.2, 0.25) is 0 Å². The van der Waals surface area contributed by atoms with E-state index in [0.717, 1.165) is 11.9 Å². The van der Waals surface area contributed by atoms with Gasteiger partial charge in [0.1, 0.15) is 11.0 Å². The molecule has 0 saturated carbocycles. The van der Waals surface area contributed by atoms with Crippen molar-refractivity contribution in [1.29, 1.82) is 0 Å². The number of carbonyl (C=O) groups is 1. The van der Waals surface area contributed by atoms with E-state index in [0.29, 0.717) is 23.1 Å². The van der Waals surface area contributed by atoms with Crippen molar-refractivity contribution < 1.29 is 9.18 Å². The summed E-state index contributed by atoms with van der Waals surface area (Å²) < 4.78 is 13.3. The van der Waals surface area contributed by atoms with Crippen molar-refractivity contribution >= 4 is 23.6 Å². The number of aromatic nitrogens is 3. The molecule has 0 fully saturated rings. The number of halogens is 2. The average Bonchev–Trinajstić information content (AvgIpc) is 3.07. The minimum Gasteiger partial charge on any atom is -0.387 e. The van der Waals surface area contributed by atoms with Gasteiger partial charge in [0.05, 0.1) is 17.6 Å². The highest BCUT2D eigenvalue weighted by molar-refractivity contribution is 6.29. The molecule has 0 aromatic carbocycles. The van der Waals surface area contributed by atoms with Crippen LogP contribution in [0.1, 0.15) is 10.5 Å². The SMILES string of the molecule is CNc1cccnc1.O=Cc1cc(-c2cc(Cl)ncc2F)c[nH]1. The highest BCUT2D eigenvalue weighted by Gasteiger charge is 2.08. The number of H-pyrrole nitrogens is 1. The van der Waals surface area contributed by atoms with Crippen LogP contribution in [0.2, 0.25) is 5.15 Å². The lowest BCUT2D eigenvalue weighted by Crippen LogP contribution is -1.86. The molecule has 3 rings (SSSR count). The van der Waals surface area contributed by atoms with Crippen LogP contribution in [0, 0.1) is 5.82 Å². The summed E-state index contributed by atoms with van der Waals surface area (Å²) in [5, 5.41) is 3.17. The van der Waals surface area contributed by atoms with Gasteiger partial charge in [0.15, 0.2) is 6.29 Å². The summed E-state index contributed by atoms with van der Waals surface area (Å²) in [7, 11) is 1.87. The maximum atomic E-state index is 13.3. The first-order chi connectivity index (χ1) is 11.1. The summed E-state index contributed by atoms with van der Waals surface area (Å²) >= 11 is 5.65. The molecule has 2 N–H and O–H groups in total. The topological polar surface area (TPSA) is 70.7 Å². The molecule has 0 atom stereocenters. The van der Waals surface area contributed by atoms with Gasteiger partial charge in [-0.1, -0.05) is 11.6 Å². The molecule has 0 aliphatic heterocycles. The standard InChI is InChI=1S/C10H6ClFN2O.C6H8N2/c11-10-2-8(9(12)4-14-10)6-1-7(5-15)13-3-6;1-7-6-3-2-4-8-5-6/h1-5,13H;2-5,7H,1H3. The highest BCUT2D eigenvalue weighted by Crippen LogP contribution is 2.24. The Hall–Kier alpha value is -2.73. The predicted molar refractivity (Wildman–Crippen MR) is 88.2 cm³/mol. The van der Waals surface area contributed by atoms with Crippen LogP contribution in [0.15, 0.2) is 49.1 Å². The third-order valence-corrected chi connectivity index (χ3v) is 3.12. The van der Waals surface area contributed by atoms with Gasteiger partial charge in [0, 0.05) is 36.8 Å². The molecule has 0 amide bonds. The molecule has 3 heterocycles. The van der Waals surface area contributed by atoms with E-state index in [2.05, 4.69) is 20.3 Å².